The Morgan fingerprint density at radius 2 is 2.15 bits per heavy atom. The smallest absolute Gasteiger partial charge is 0.433 e. The van der Waals surface area contributed by atoms with E-state index in [1.54, 1.807) is 0 Å². The SMILES string of the molecule is CCN(CC)CCOC(=O)/C=C/c1ccc([N+](=O)[O-])o1. The largest absolute Gasteiger partial charge is 0.461 e. The quantitative estimate of drug-likeness (QED) is 0.314. The topological polar surface area (TPSA) is 85.8 Å². The summed E-state index contributed by atoms with van der Waals surface area (Å²) < 4.78 is 9.88. The lowest BCUT2D eigenvalue weighted by atomic mass is 10.4. The van der Waals surface area contributed by atoms with Gasteiger partial charge in [-0.05, 0) is 25.2 Å². The molecule has 0 fully saturated rings. The van der Waals surface area contributed by atoms with Crippen LogP contribution in [0.5, 0.6) is 0 Å². The van der Waals surface area contributed by atoms with Gasteiger partial charge < -0.3 is 14.1 Å². The summed E-state index contributed by atoms with van der Waals surface area (Å²) in [6.07, 6.45) is 2.53. The van der Waals surface area contributed by atoms with Crippen molar-refractivity contribution in [2.45, 2.75) is 13.8 Å². The molecule has 0 saturated heterocycles. The minimum atomic E-state index is -0.639. The highest BCUT2D eigenvalue weighted by molar-refractivity contribution is 5.86. The third-order valence-corrected chi connectivity index (χ3v) is 2.72. The second-order valence-corrected chi connectivity index (χ2v) is 3.96. The van der Waals surface area contributed by atoms with Gasteiger partial charge >= 0.3 is 11.9 Å². The molecule has 0 aliphatic heterocycles. The van der Waals surface area contributed by atoms with Crippen LogP contribution >= 0.6 is 0 Å². The van der Waals surface area contributed by atoms with E-state index in [0.29, 0.717) is 13.2 Å². The monoisotopic (exact) mass is 282 g/mol. The molecule has 0 unspecified atom stereocenters. The third kappa shape index (κ3) is 5.23. The van der Waals surface area contributed by atoms with Gasteiger partial charge in [-0.15, -0.1) is 0 Å². The zero-order chi connectivity index (χ0) is 15.0. The van der Waals surface area contributed by atoms with Crippen LogP contribution in [0.1, 0.15) is 19.6 Å². The molecule has 7 nitrogen and oxygen atoms in total. The molecular formula is C13H18N2O5. The molecule has 1 aromatic heterocycles. The summed E-state index contributed by atoms with van der Waals surface area (Å²) >= 11 is 0. The van der Waals surface area contributed by atoms with Crippen molar-refractivity contribution in [3.63, 3.8) is 0 Å². The molecule has 0 amide bonds. The van der Waals surface area contributed by atoms with Gasteiger partial charge in [-0.2, -0.15) is 0 Å². The Bertz CT molecular complexity index is 477. The summed E-state index contributed by atoms with van der Waals surface area (Å²) in [5.74, 6) is -0.631. The van der Waals surface area contributed by atoms with E-state index in [9.17, 15) is 14.9 Å². The highest BCUT2D eigenvalue weighted by atomic mass is 16.6. The standard InChI is InChI=1S/C13H18N2O5/c1-3-14(4-2)9-10-19-13(16)8-6-11-5-7-12(20-11)15(17)18/h5-8H,3-4,9-10H2,1-2H3/b8-6+. The average Bonchev–Trinajstić information content (AvgIpc) is 2.90. The molecular weight excluding hydrogens is 264 g/mol. The third-order valence-electron chi connectivity index (χ3n) is 2.72. The zero-order valence-electron chi connectivity index (χ0n) is 11.6. The molecule has 0 N–H and O–H groups in total. The molecule has 0 spiro atoms. The lowest BCUT2D eigenvalue weighted by molar-refractivity contribution is -0.402. The van der Waals surface area contributed by atoms with E-state index in [1.807, 2.05) is 13.8 Å². The number of esters is 1. The fourth-order valence-electron chi connectivity index (χ4n) is 1.54. The van der Waals surface area contributed by atoms with Crippen molar-refractivity contribution in [1.82, 2.24) is 4.90 Å². The first kappa shape index (κ1) is 15.9. The van der Waals surface area contributed by atoms with Gasteiger partial charge in [-0.3, -0.25) is 10.1 Å². The minimum Gasteiger partial charge on any atom is -0.461 e. The predicted molar refractivity (Wildman–Crippen MR) is 73.1 cm³/mol. The highest BCUT2D eigenvalue weighted by Crippen LogP contribution is 2.16. The van der Waals surface area contributed by atoms with E-state index in [4.69, 9.17) is 9.15 Å². The summed E-state index contributed by atoms with van der Waals surface area (Å²) in [5, 5.41) is 10.4. The molecule has 1 heterocycles. The van der Waals surface area contributed by atoms with Crippen molar-refractivity contribution in [2.24, 2.45) is 0 Å². The lowest BCUT2D eigenvalue weighted by Crippen LogP contribution is -2.27. The van der Waals surface area contributed by atoms with Gasteiger partial charge in [-0.1, -0.05) is 13.8 Å². The van der Waals surface area contributed by atoms with Crippen LogP contribution in [0.3, 0.4) is 0 Å². The minimum absolute atomic E-state index is 0.234. The summed E-state index contributed by atoms with van der Waals surface area (Å²) in [5.41, 5.74) is 0. The number of hydrogen-bond donors (Lipinski definition) is 0. The van der Waals surface area contributed by atoms with Gasteiger partial charge in [-0.25, -0.2) is 4.79 Å². The maximum absolute atomic E-state index is 11.4. The van der Waals surface area contributed by atoms with Crippen LogP contribution in [0.25, 0.3) is 6.08 Å². The number of carbonyl (C=O) groups is 1. The van der Waals surface area contributed by atoms with Gasteiger partial charge in [0.05, 0.1) is 6.07 Å². The Balaban J connectivity index is 2.37. The first-order chi connectivity index (χ1) is 9.56. The lowest BCUT2D eigenvalue weighted by Gasteiger charge is -2.16. The molecule has 0 aliphatic rings. The maximum atomic E-state index is 11.4. The van der Waals surface area contributed by atoms with Crippen LogP contribution < -0.4 is 0 Å². The van der Waals surface area contributed by atoms with Crippen molar-refractivity contribution in [2.75, 3.05) is 26.2 Å². The second-order valence-electron chi connectivity index (χ2n) is 3.96. The van der Waals surface area contributed by atoms with E-state index in [0.717, 1.165) is 13.1 Å². The van der Waals surface area contributed by atoms with Crippen molar-refractivity contribution >= 4 is 17.9 Å². The number of furan rings is 1. The van der Waals surface area contributed by atoms with Crippen LogP contribution in [0, 0.1) is 10.1 Å². The van der Waals surface area contributed by atoms with Gasteiger partial charge in [0.1, 0.15) is 17.3 Å². The molecule has 0 radical (unpaired) electrons. The number of carbonyl (C=O) groups excluding carboxylic acids is 1. The van der Waals surface area contributed by atoms with Crippen LogP contribution in [0.2, 0.25) is 0 Å². The zero-order valence-corrected chi connectivity index (χ0v) is 11.6. The molecule has 1 rings (SSSR count). The Kier molecular flexibility index (Phi) is 6.45. The molecule has 0 saturated carbocycles. The Hall–Kier alpha value is -2.15. The number of hydrogen-bond acceptors (Lipinski definition) is 6. The molecule has 0 bridgehead atoms. The highest BCUT2D eigenvalue weighted by Gasteiger charge is 2.10. The van der Waals surface area contributed by atoms with Crippen molar-refractivity contribution in [3.8, 4) is 0 Å². The molecule has 1 aromatic rings. The first-order valence-corrected chi connectivity index (χ1v) is 6.38. The normalized spacial score (nSPS) is 11.2. The van der Waals surface area contributed by atoms with E-state index < -0.39 is 10.9 Å². The number of nitro groups is 1. The Labute approximate surface area is 117 Å². The predicted octanol–water partition coefficient (Wildman–Crippen LogP) is 2.09. The van der Waals surface area contributed by atoms with Crippen LogP contribution in [-0.4, -0.2) is 42.0 Å². The number of likely N-dealkylation sites (N-methyl/N-ethyl adjacent to an activating group) is 1. The van der Waals surface area contributed by atoms with Crippen LogP contribution in [0.4, 0.5) is 5.88 Å². The summed E-state index contributed by atoms with van der Waals surface area (Å²) in [4.78, 5) is 23.3. The Morgan fingerprint density at radius 3 is 2.70 bits per heavy atom. The number of ether oxygens (including phenoxy) is 1. The van der Waals surface area contributed by atoms with Crippen molar-refractivity contribution in [1.29, 1.82) is 0 Å². The van der Waals surface area contributed by atoms with E-state index in [-0.39, 0.29) is 11.6 Å². The first-order valence-electron chi connectivity index (χ1n) is 6.38. The molecule has 20 heavy (non-hydrogen) atoms. The van der Waals surface area contributed by atoms with Gasteiger partial charge in [0, 0.05) is 12.6 Å². The van der Waals surface area contributed by atoms with Crippen molar-refractivity contribution in [3.05, 3.63) is 34.1 Å². The van der Waals surface area contributed by atoms with Gasteiger partial charge in [0.15, 0.2) is 0 Å². The van der Waals surface area contributed by atoms with Crippen LogP contribution in [-0.2, 0) is 9.53 Å². The maximum Gasteiger partial charge on any atom is 0.433 e. The number of rotatable bonds is 8. The second kappa shape index (κ2) is 8.11. The summed E-state index contributed by atoms with van der Waals surface area (Å²) in [6.45, 7) is 6.87. The fourth-order valence-corrected chi connectivity index (χ4v) is 1.54. The van der Waals surface area contributed by atoms with Crippen molar-refractivity contribution < 1.29 is 18.9 Å². The summed E-state index contributed by atoms with van der Waals surface area (Å²) in [6, 6.07) is 2.64. The molecule has 0 aliphatic carbocycles. The van der Waals surface area contributed by atoms with E-state index in [2.05, 4.69) is 4.90 Å². The molecule has 7 heteroatoms. The fraction of sp³-hybridized carbons (Fsp3) is 0.462. The molecule has 110 valence electrons. The average molecular weight is 282 g/mol. The van der Waals surface area contributed by atoms with Gasteiger partial charge in [0.2, 0.25) is 0 Å². The van der Waals surface area contributed by atoms with E-state index in [1.165, 1.54) is 24.3 Å². The van der Waals surface area contributed by atoms with Gasteiger partial charge in [0.25, 0.3) is 0 Å². The van der Waals surface area contributed by atoms with Crippen LogP contribution in [0.15, 0.2) is 22.6 Å². The molecule has 0 aromatic carbocycles. The molecule has 0 atom stereocenters. The Morgan fingerprint density at radius 1 is 1.45 bits per heavy atom. The number of nitrogens with zero attached hydrogens (tertiary/aromatic N) is 2. The summed E-state index contributed by atoms with van der Waals surface area (Å²) in [7, 11) is 0. The van der Waals surface area contributed by atoms with E-state index >= 15 is 0 Å².